The monoisotopic (exact) mass is 430 g/mol. The van der Waals surface area contributed by atoms with Gasteiger partial charge in [-0.25, -0.2) is 0 Å². The number of halogens is 3. The third-order valence-corrected chi connectivity index (χ3v) is 5.11. The number of anilines is 2. The highest BCUT2D eigenvalue weighted by molar-refractivity contribution is 6.34. The third kappa shape index (κ3) is 4.58. The van der Waals surface area contributed by atoms with Crippen molar-refractivity contribution in [2.24, 2.45) is 0 Å². The van der Waals surface area contributed by atoms with Gasteiger partial charge in [0.1, 0.15) is 5.69 Å². The highest BCUT2D eigenvalue weighted by Gasteiger charge is 2.29. The van der Waals surface area contributed by atoms with Gasteiger partial charge in [-0.1, -0.05) is 30.1 Å². The average molecular weight is 432 g/mol. The molecule has 0 amide bonds. The lowest BCUT2D eigenvalue weighted by molar-refractivity contribution is -0.384. The van der Waals surface area contributed by atoms with Crippen molar-refractivity contribution in [1.82, 2.24) is 5.32 Å². The van der Waals surface area contributed by atoms with Crippen LogP contribution in [0.15, 0.2) is 30.3 Å². The zero-order chi connectivity index (χ0) is 18.8. The van der Waals surface area contributed by atoms with Gasteiger partial charge in [0.15, 0.2) is 0 Å². The predicted octanol–water partition coefficient (Wildman–Crippen LogP) is 4.47. The molecule has 1 saturated heterocycles. The van der Waals surface area contributed by atoms with Crippen LogP contribution in [0.2, 0.25) is 10.0 Å². The van der Waals surface area contributed by atoms with Gasteiger partial charge in [-0.05, 0) is 29.8 Å². The second kappa shape index (κ2) is 8.97. The number of nitro groups is 1. The fourth-order valence-electron chi connectivity index (χ4n) is 3.43. The molecule has 0 saturated carbocycles. The average Bonchev–Trinajstić information content (AvgIpc) is 2.60. The van der Waals surface area contributed by atoms with Crippen LogP contribution in [0, 0.1) is 10.1 Å². The normalized spacial score (nSPS) is 15.1. The maximum absolute atomic E-state index is 11.7. The van der Waals surface area contributed by atoms with Gasteiger partial charge in [-0.2, -0.15) is 0 Å². The summed E-state index contributed by atoms with van der Waals surface area (Å²) in [6, 6.07) is 8.37. The van der Waals surface area contributed by atoms with E-state index < -0.39 is 0 Å². The van der Waals surface area contributed by atoms with Gasteiger partial charge in [0.25, 0.3) is 5.69 Å². The molecule has 0 spiro atoms. The summed E-state index contributed by atoms with van der Waals surface area (Å²) in [6.07, 6.45) is 0. The molecule has 1 aliphatic rings. The molecule has 0 aliphatic carbocycles. The minimum atomic E-state index is -0.349. The van der Waals surface area contributed by atoms with E-state index in [1.54, 1.807) is 12.1 Å². The van der Waals surface area contributed by atoms with Gasteiger partial charge in [0.2, 0.25) is 0 Å². The summed E-state index contributed by atoms with van der Waals surface area (Å²) in [5.41, 5.74) is 9.05. The smallest absolute Gasteiger partial charge is 0.292 e. The summed E-state index contributed by atoms with van der Waals surface area (Å²) >= 11 is 12.3. The number of nitrogen functional groups attached to an aromatic ring is 1. The fraction of sp³-hybridized carbons (Fsp3) is 0.333. The summed E-state index contributed by atoms with van der Waals surface area (Å²) in [5.74, 6) is -0.198. The van der Waals surface area contributed by atoms with Crippen LogP contribution in [-0.2, 0) is 0 Å². The van der Waals surface area contributed by atoms with E-state index >= 15 is 0 Å². The second-order valence-corrected chi connectivity index (χ2v) is 7.23. The molecule has 1 aliphatic heterocycles. The van der Waals surface area contributed by atoms with Crippen molar-refractivity contribution >= 4 is 52.7 Å². The first-order valence-electron chi connectivity index (χ1n) is 8.37. The van der Waals surface area contributed by atoms with E-state index in [4.69, 9.17) is 28.9 Å². The van der Waals surface area contributed by atoms with E-state index in [2.05, 4.69) is 5.32 Å². The lowest BCUT2D eigenvalue weighted by Crippen LogP contribution is -2.44. The first-order chi connectivity index (χ1) is 12.4. The van der Waals surface area contributed by atoms with E-state index in [-0.39, 0.29) is 28.9 Å². The fourth-order valence-corrected chi connectivity index (χ4v) is 3.97. The van der Waals surface area contributed by atoms with Gasteiger partial charge >= 0.3 is 0 Å². The minimum absolute atomic E-state index is 0. The number of nitrogens with two attached hydrogens (primary N) is 1. The molecular weight excluding hydrogens is 411 g/mol. The van der Waals surface area contributed by atoms with Crippen molar-refractivity contribution in [3.05, 3.63) is 61.6 Å². The Morgan fingerprint density at radius 2 is 1.78 bits per heavy atom. The van der Waals surface area contributed by atoms with E-state index in [1.807, 2.05) is 24.0 Å². The van der Waals surface area contributed by atoms with Crippen molar-refractivity contribution in [2.45, 2.75) is 12.8 Å². The molecule has 2 aromatic carbocycles. The van der Waals surface area contributed by atoms with Crippen molar-refractivity contribution in [2.75, 3.05) is 36.8 Å². The molecule has 1 fully saturated rings. The topological polar surface area (TPSA) is 84.4 Å². The minimum Gasteiger partial charge on any atom is -0.398 e. The number of nitrogens with zero attached hydrogens (tertiary/aromatic N) is 2. The Kier molecular flexibility index (Phi) is 7.17. The lowest BCUT2D eigenvalue weighted by atomic mass is 9.89. The van der Waals surface area contributed by atoms with Gasteiger partial charge in [0.05, 0.1) is 4.92 Å². The van der Waals surface area contributed by atoms with Crippen molar-refractivity contribution < 1.29 is 4.92 Å². The van der Waals surface area contributed by atoms with Crippen LogP contribution in [-0.4, -0.2) is 31.1 Å². The molecule has 27 heavy (non-hydrogen) atoms. The third-order valence-electron chi connectivity index (χ3n) is 4.68. The molecule has 146 valence electrons. The molecule has 1 unspecified atom stereocenters. The van der Waals surface area contributed by atoms with Crippen LogP contribution in [0.3, 0.4) is 0 Å². The molecule has 3 N–H and O–H groups in total. The highest BCUT2D eigenvalue weighted by atomic mass is 35.5. The number of nitro benzene ring substituents is 1. The van der Waals surface area contributed by atoms with Crippen LogP contribution in [0.4, 0.5) is 17.1 Å². The molecule has 2 aromatic rings. The van der Waals surface area contributed by atoms with Gasteiger partial charge < -0.3 is 16.0 Å². The Bertz CT molecular complexity index is 821. The first-order valence-corrected chi connectivity index (χ1v) is 9.12. The largest absolute Gasteiger partial charge is 0.398 e. The van der Waals surface area contributed by atoms with Crippen LogP contribution in [0.5, 0.6) is 0 Å². The summed E-state index contributed by atoms with van der Waals surface area (Å²) in [7, 11) is 0. The Balaban J connectivity index is 0.00000261. The number of piperazine rings is 1. The van der Waals surface area contributed by atoms with E-state index in [1.165, 1.54) is 6.07 Å². The molecular formula is C18H21Cl3N4O2. The maximum atomic E-state index is 11.7. The summed E-state index contributed by atoms with van der Waals surface area (Å²) in [4.78, 5) is 13.4. The Labute approximate surface area is 174 Å². The molecule has 0 aromatic heterocycles. The van der Waals surface area contributed by atoms with Crippen molar-refractivity contribution in [3.63, 3.8) is 0 Å². The Hall–Kier alpha value is -1.73. The number of rotatable bonds is 4. The van der Waals surface area contributed by atoms with Crippen molar-refractivity contribution in [1.29, 1.82) is 0 Å². The SMILES string of the molecule is CC(c1cc(Cl)cc(Cl)c1)c1c(N)ccc([N+](=O)[O-])c1N1CCNCC1.Cl. The quantitative estimate of drug-likeness (QED) is 0.424. The lowest BCUT2D eigenvalue weighted by Gasteiger charge is -2.32. The van der Waals surface area contributed by atoms with Crippen LogP contribution in [0.25, 0.3) is 0 Å². The highest BCUT2D eigenvalue weighted by Crippen LogP contribution is 2.43. The maximum Gasteiger partial charge on any atom is 0.292 e. The Morgan fingerprint density at radius 1 is 1.19 bits per heavy atom. The predicted molar refractivity (Wildman–Crippen MR) is 114 cm³/mol. The van der Waals surface area contributed by atoms with E-state index in [9.17, 15) is 10.1 Å². The number of hydrogen-bond acceptors (Lipinski definition) is 5. The van der Waals surface area contributed by atoms with Crippen LogP contribution in [0.1, 0.15) is 24.0 Å². The zero-order valence-corrected chi connectivity index (χ0v) is 17.1. The van der Waals surface area contributed by atoms with Crippen LogP contribution < -0.4 is 16.0 Å². The standard InChI is InChI=1S/C18H20Cl2N4O2.ClH/c1-11(12-8-13(19)10-14(20)9-12)17-15(21)2-3-16(24(25)26)18(17)23-6-4-22-5-7-23;/h2-3,8-11,22H,4-7,21H2,1H3;1H. The number of hydrogen-bond donors (Lipinski definition) is 2. The summed E-state index contributed by atoms with van der Waals surface area (Å²) in [5, 5.41) is 16.0. The van der Waals surface area contributed by atoms with Crippen molar-refractivity contribution in [3.8, 4) is 0 Å². The zero-order valence-electron chi connectivity index (χ0n) is 14.7. The summed E-state index contributed by atoms with van der Waals surface area (Å²) in [6.45, 7) is 4.86. The number of nitrogens with one attached hydrogen (secondary N) is 1. The molecule has 6 nitrogen and oxygen atoms in total. The van der Waals surface area contributed by atoms with Gasteiger partial charge in [0, 0.05) is 59.5 Å². The molecule has 0 bridgehead atoms. The second-order valence-electron chi connectivity index (χ2n) is 6.35. The van der Waals surface area contributed by atoms with E-state index in [0.717, 1.165) is 24.2 Å². The van der Waals surface area contributed by atoms with Gasteiger partial charge in [-0.3, -0.25) is 10.1 Å². The van der Waals surface area contributed by atoms with Crippen LogP contribution >= 0.6 is 35.6 Å². The molecule has 9 heteroatoms. The molecule has 1 atom stereocenters. The molecule has 3 rings (SSSR count). The van der Waals surface area contributed by atoms with Gasteiger partial charge in [-0.15, -0.1) is 12.4 Å². The first kappa shape index (κ1) is 21.6. The molecule has 0 radical (unpaired) electrons. The summed E-state index contributed by atoms with van der Waals surface area (Å²) < 4.78 is 0. The Morgan fingerprint density at radius 3 is 2.33 bits per heavy atom. The molecule has 1 heterocycles. The number of benzene rings is 2. The van der Waals surface area contributed by atoms with E-state index in [0.29, 0.717) is 34.5 Å².